The number of nitrogens with two attached hydrogens (primary N) is 1. The third-order valence-corrected chi connectivity index (χ3v) is 2.33. The van der Waals surface area contributed by atoms with Crippen LogP contribution in [0.4, 0.5) is 4.39 Å². The molecule has 1 heterocycles. The predicted octanol–water partition coefficient (Wildman–Crippen LogP) is 0.933. The van der Waals surface area contributed by atoms with Gasteiger partial charge in [-0.1, -0.05) is 6.07 Å². The van der Waals surface area contributed by atoms with Crippen LogP contribution < -0.4 is 10.5 Å². The Balaban J connectivity index is 2.15. The molecule has 1 aromatic carbocycles. The van der Waals surface area contributed by atoms with E-state index in [1.54, 1.807) is 23.1 Å². The van der Waals surface area contributed by atoms with Crippen molar-refractivity contribution in [2.75, 3.05) is 7.11 Å². The van der Waals surface area contributed by atoms with Gasteiger partial charge in [-0.05, 0) is 17.7 Å². The fraction of sp³-hybridized carbons (Fsp3) is 0.273. The molecule has 0 radical (unpaired) electrons. The highest BCUT2D eigenvalue weighted by Crippen LogP contribution is 2.17. The maximum Gasteiger partial charge on any atom is 0.165 e. The molecular formula is C11H13FN4O. The quantitative estimate of drug-likeness (QED) is 0.857. The van der Waals surface area contributed by atoms with Crippen LogP contribution in [0.3, 0.4) is 0 Å². The normalized spacial score (nSPS) is 10.5. The van der Waals surface area contributed by atoms with Crippen LogP contribution in [0.25, 0.3) is 0 Å². The van der Waals surface area contributed by atoms with Crippen molar-refractivity contribution in [3.05, 3.63) is 41.7 Å². The van der Waals surface area contributed by atoms with E-state index in [-0.39, 0.29) is 11.6 Å². The number of aromatic nitrogens is 3. The van der Waals surface area contributed by atoms with Crippen LogP contribution in [0.2, 0.25) is 0 Å². The Morgan fingerprint density at radius 2 is 2.29 bits per heavy atom. The van der Waals surface area contributed by atoms with E-state index in [4.69, 9.17) is 10.5 Å². The zero-order valence-electron chi connectivity index (χ0n) is 9.43. The Morgan fingerprint density at radius 3 is 2.88 bits per heavy atom. The van der Waals surface area contributed by atoms with Gasteiger partial charge in [-0.3, -0.25) is 0 Å². The van der Waals surface area contributed by atoms with Crippen molar-refractivity contribution >= 4 is 0 Å². The van der Waals surface area contributed by atoms with E-state index in [9.17, 15) is 4.39 Å². The largest absolute Gasteiger partial charge is 0.494 e. The molecule has 5 nitrogen and oxygen atoms in total. The molecule has 0 aliphatic carbocycles. The van der Waals surface area contributed by atoms with Crippen molar-refractivity contribution < 1.29 is 9.13 Å². The summed E-state index contributed by atoms with van der Waals surface area (Å²) in [5.74, 6) is 0.415. The average Bonchev–Trinajstić information content (AvgIpc) is 2.77. The summed E-state index contributed by atoms with van der Waals surface area (Å²) in [6, 6.07) is 4.79. The van der Waals surface area contributed by atoms with Gasteiger partial charge in [0.25, 0.3) is 0 Å². The van der Waals surface area contributed by atoms with Gasteiger partial charge in [-0.2, -0.15) is 5.10 Å². The molecule has 0 saturated heterocycles. The van der Waals surface area contributed by atoms with Crippen LogP contribution in [0, 0.1) is 5.82 Å². The first-order chi connectivity index (χ1) is 8.22. The first-order valence-corrected chi connectivity index (χ1v) is 5.13. The molecule has 0 fully saturated rings. The molecule has 0 aliphatic heterocycles. The summed E-state index contributed by atoms with van der Waals surface area (Å²) in [6.45, 7) is 0.748. The topological polar surface area (TPSA) is 66.0 Å². The Kier molecular flexibility index (Phi) is 3.34. The first-order valence-electron chi connectivity index (χ1n) is 5.13. The minimum absolute atomic E-state index is 0.231. The molecule has 0 amide bonds. The molecule has 0 bridgehead atoms. The lowest BCUT2D eigenvalue weighted by molar-refractivity contribution is 0.386. The Hall–Kier alpha value is -1.95. The van der Waals surface area contributed by atoms with Crippen LogP contribution in [-0.4, -0.2) is 21.9 Å². The second kappa shape index (κ2) is 4.92. The Labute approximate surface area is 98.0 Å². The van der Waals surface area contributed by atoms with E-state index in [2.05, 4.69) is 10.1 Å². The minimum Gasteiger partial charge on any atom is -0.494 e. The number of rotatable bonds is 4. The molecule has 6 heteroatoms. The van der Waals surface area contributed by atoms with Crippen LogP contribution in [0.5, 0.6) is 5.75 Å². The molecule has 2 rings (SSSR count). The van der Waals surface area contributed by atoms with Gasteiger partial charge in [0.2, 0.25) is 0 Å². The Bertz CT molecular complexity index is 512. The summed E-state index contributed by atoms with van der Waals surface area (Å²) in [5.41, 5.74) is 6.19. The number of benzene rings is 1. The van der Waals surface area contributed by atoms with Crippen molar-refractivity contribution in [2.24, 2.45) is 5.73 Å². The fourth-order valence-corrected chi connectivity index (χ4v) is 1.50. The molecule has 17 heavy (non-hydrogen) atoms. The molecule has 0 unspecified atom stereocenters. The highest BCUT2D eigenvalue weighted by molar-refractivity contribution is 5.29. The molecule has 2 N–H and O–H groups in total. The van der Waals surface area contributed by atoms with Crippen LogP contribution >= 0.6 is 0 Å². The number of nitrogens with zero attached hydrogens (tertiary/aromatic N) is 3. The fourth-order valence-electron chi connectivity index (χ4n) is 1.50. The van der Waals surface area contributed by atoms with E-state index < -0.39 is 0 Å². The molecule has 0 atom stereocenters. The lowest BCUT2D eigenvalue weighted by Gasteiger charge is -2.05. The summed E-state index contributed by atoms with van der Waals surface area (Å²) in [4.78, 5) is 4.00. The number of halogens is 1. The summed E-state index contributed by atoms with van der Waals surface area (Å²) in [6.07, 6.45) is 1.57. The number of ether oxygens (including phenoxy) is 1. The predicted molar refractivity (Wildman–Crippen MR) is 60.0 cm³/mol. The number of hydrogen-bond donors (Lipinski definition) is 1. The van der Waals surface area contributed by atoms with Crippen LogP contribution in [-0.2, 0) is 13.1 Å². The first kappa shape index (κ1) is 11.5. The SMILES string of the molecule is COc1ccc(Cn2cnc(CN)n2)cc1F. The van der Waals surface area contributed by atoms with Crippen LogP contribution in [0.15, 0.2) is 24.5 Å². The zero-order valence-corrected chi connectivity index (χ0v) is 9.43. The lowest BCUT2D eigenvalue weighted by Crippen LogP contribution is -2.04. The number of hydrogen-bond acceptors (Lipinski definition) is 4. The highest BCUT2D eigenvalue weighted by Gasteiger charge is 2.05. The maximum atomic E-state index is 13.4. The highest BCUT2D eigenvalue weighted by atomic mass is 19.1. The van der Waals surface area contributed by atoms with Gasteiger partial charge in [-0.15, -0.1) is 0 Å². The summed E-state index contributed by atoms with van der Waals surface area (Å²) >= 11 is 0. The molecule has 0 spiro atoms. The third kappa shape index (κ3) is 2.59. The van der Waals surface area contributed by atoms with Crippen molar-refractivity contribution in [1.82, 2.24) is 14.8 Å². The Morgan fingerprint density at radius 1 is 1.47 bits per heavy atom. The van der Waals surface area contributed by atoms with Gasteiger partial charge in [0, 0.05) is 0 Å². The standard InChI is InChI=1S/C11H13FN4O/c1-17-10-3-2-8(4-9(10)12)6-16-7-14-11(5-13)15-16/h2-4,7H,5-6,13H2,1H3. The zero-order chi connectivity index (χ0) is 12.3. The van der Waals surface area contributed by atoms with Crippen molar-refractivity contribution in [2.45, 2.75) is 13.1 Å². The van der Waals surface area contributed by atoms with Gasteiger partial charge in [-0.25, -0.2) is 14.1 Å². The van der Waals surface area contributed by atoms with Gasteiger partial charge in [0.05, 0.1) is 20.2 Å². The van der Waals surface area contributed by atoms with Crippen molar-refractivity contribution in [3.8, 4) is 5.75 Å². The molecule has 2 aromatic rings. The van der Waals surface area contributed by atoms with Gasteiger partial charge < -0.3 is 10.5 Å². The summed E-state index contributed by atoms with van der Waals surface area (Å²) < 4.78 is 19.9. The van der Waals surface area contributed by atoms with Gasteiger partial charge in [0.1, 0.15) is 6.33 Å². The molecule has 1 aromatic heterocycles. The lowest BCUT2D eigenvalue weighted by atomic mass is 10.2. The molecule has 0 aliphatic rings. The molecule has 90 valence electrons. The maximum absolute atomic E-state index is 13.4. The smallest absolute Gasteiger partial charge is 0.165 e. The van der Waals surface area contributed by atoms with Crippen molar-refractivity contribution in [1.29, 1.82) is 0 Å². The molecule has 0 saturated carbocycles. The van der Waals surface area contributed by atoms with Crippen LogP contribution in [0.1, 0.15) is 11.4 Å². The van der Waals surface area contributed by atoms with Gasteiger partial charge in [0.15, 0.2) is 17.4 Å². The second-order valence-corrected chi connectivity index (χ2v) is 3.53. The van der Waals surface area contributed by atoms with Crippen molar-refractivity contribution in [3.63, 3.8) is 0 Å². The van der Waals surface area contributed by atoms with E-state index in [1.165, 1.54) is 13.2 Å². The monoisotopic (exact) mass is 236 g/mol. The van der Waals surface area contributed by atoms with E-state index in [1.807, 2.05) is 0 Å². The third-order valence-electron chi connectivity index (χ3n) is 2.33. The van der Waals surface area contributed by atoms with E-state index in [0.717, 1.165) is 5.56 Å². The second-order valence-electron chi connectivity index (χ2n) is 3.53. The summed E-state index contributed by atoms with van der Waals surface area (Å²) in [7, 11) is 1.43. The van der Waals surface area contributed by atoms with E-state index >= 15 is 0 Å². The summed E-state index contributed by atoms with van der Waals surface area (Å²) in [5, 5.41) is 4.12. The van der Waals surface area contributed by atoms with Gasteiger partial charge >= 0.3 is 0 Å². The van der Waals surface area contributed by atoms with E-state index in [0.29, 0.717) is 18.9 Å². The average molecular weight is 236 g/mol. The number of methoxy groups -OCH3 is 1. The molecular weight excluding hydrogens is 223 g/mol. The minimum atomic E-state index is -0.385.